The molecule has 3 rings (SSSR count). The van der Waals surface area contributed by atoms with Gasteiger partial charge in [0.1, 0.15) is 5.82 Å². The molecule has 0 aliphatic carbocycles. The van der Waals surface area contributed by atoms with Crippen molar-refractivity contribution in [2.75, 3.05) is 24.2 Å². The van der Waals surface area contributed by atoms with Gasteiger partial charge in [-0.05, 0) is 48.5 Å². The molecule has 3 aromatic rings. The van der Waals surface area contributed by atoms with E-state index in [1.807, 2.05) is 0 Å². The van der Waals surface area contributed by atoms with Crippen LogP contribution in [0, 0.1) is 0 Å². The highest BCUT2D eigenvalue weighted by Gasteiger charge is 2.18. The number of halogens is 1. The zero-order valence-corrected chi connectivity index (χ0v) is 16.4. The highest BCUT2D eigenvalue weighted by Crippen LogP contribution is 2.23. The van der Waals surface area contributed by atoms with Gasteiger partial charge in [-0.1, -0.05) is 11.6 Å². The van der Waals surface area contributed by atoms with E-state index >= 15 is 0 Å². The first kappa shape index (κ1) is 20.1. The molecule has 0 bridgehead atoms. The van der Waals surface area contributed by atoms with Crippen LogP contribution in [0.3, 0.4) is 0 Å². The van der Waals surface area contributed by atoms with Gasteiger partial charge in [0.05, 0.1) is 22.9 Å². The standard InChI is InChI=1S/C19H19ClN4O3S/c20-14-3-7-17(8-4-14)28(26,27)12-16-11-18(22-9-10-25)24-19(23-16)13-1-5-15(21)6-2-13/h1-8,11,25H,9-10,12,21H2,(H,22,23,24). The number of hydrogen-bond donors (Lipinski definition) is 3. The van der Waals surface area contributed by atoms with Crippen LogP contribution in [0.15, 0.2) is 59.5 Å². The van der Waals surface area contributed by atoms with Gasteiger partial charge >= 0.3 is 0 Å². The number of aromatic nitrogens is 2. The lowest BCUT2D eigenvalue weighted by molar-refractivity contribution is 0.311. The van der Waals surface area contributed by atoms with Crippen molar-refractivity contribution in [2.24, 2.45) is 0 Å². The van der Waals surface area contributed by atoms with Gasteiger partial charge < -0.3 is 16.2 Å². The van der Waals surface area contributed by atoms with Gasteiger partial charge in [-0.15, -0.1) is 0 Å². The van der Waals surface area contributed by atoms with E-state index in [9.17, 15) is 8.42 Å². The highest BCUT2D eigenvalue weighted by molar-refractivity contribution is 7.90. The summed E-state index contributed by atoms with van der Waals surface area (Å²) >= 11 is 5.84. The molecule has 1 heterocycles. The van der Waals surface area contributed by atoms with Gasteiger partial charge in [0.25, 0.3) is 0 Å². The topological polar surface area (TPSA) is 118 Å². The van der Waals surface area contributed by atoms with Crippen LogP contribution >= 0.6 is 11.6 Å². The minimum absolute atomic E-state index is 0.0837. The second-order valence-corrected chi connectivity index (χ2v) is 8.48. The summed E-state index contributed by atoms with van der Waals surface area (Å²) in [6.45, 7) is 0.196. The smallest absolute Gasteiger partial charge is 0.184 e. The van der Waals surface area contributed by atoms with Crippen LogP contribution in [0.5, 0.6) is 0 Å². The fourth-order valence-electron chi connectivity index (χ4n) is 2.53. The Hall–Kier alpha value is -2.68. The van der Waals surface area contributed by atoms with E-state index in [1.165, 1.54) is 24.3 Å². The molecule has 0 aliphatic heterocycles. The first-order chi connectivity index (χ1) is 13.4. The summed E-state index contributed by atoms with van der Waals surface area (Å²) in [6.07, 6.45) is 0. The fourth-order valence-corrected chi connectivity index (χ4v) is 3.91. The summed E-state index contributed by atoms with van der Waals surface area (Å²) in [5.74, 6) is 0.494. The summed E-state index contributed by atoms with van der Waals surface area (Å²) in [6, 6.07) is 14.5. The quantitative estimate of drug-likeness (QED) is 0.505. The van der Waals surface area contributed by atoms with Gasteiger partial charge in [0.15, 0.2) is 15.7 Å². The molecule has 0 spiro atoms. The SMILES string of the molecule is Nc1ccc(-c2nc(CS(=O)(=O)c3ccc(Cl)cc3)cc(NCCO)n2)cc1. The zero-order valence-electron chi connectivity index (χ0n) is 14.8. The summed E-state index contributed by atoms with van der Waals surface area (Å²) in [4.78, 5) is 8.97. The van der Waals surface area contributed by atoms with Crippen molar-refractivity contribution in [1.82, 2.24) is 9.97 Å². The Bertz CT molecular complexity index is 1060. The van der Waals surface area contributed by atoms with Crippen LogP contribution in [0.25, 0.3) is 11.4 Å². The summed E-state index contributed by atoms with van der Waals surface area (Å²) in [7, 11) is -3.62. The molecule has 0 radical (unpaired) electrons. The molecule has 0 fully saturated rings. The third kappa shape index (κ3) is 4.98. The van der Waals surface area contributed by atoms with Crippen molar-refractivity contribution in [2.45, 2.75) is 10.6 Å². The maximum absolute atomic E-state index is 12.8. The van der Waals surface area contributed by atoms with E-state index in [-0.39, 0.29) is 23.8 Å². The Morgan fingerprint density at radius 3 is 2.36 bits per heavy atom. The molecule has 0 saturated carbocycles. The van der Waals surface area contributed by atoms with Crippen LogP contribution < -0.4 is 11.1 Å². The summed E-state index contributed by atoms with van der Waals surface area (Å²) in [5, 5.41) is 12.5. The van der Waals surface area contributed by atoms with Crippen molar-refractivity contribution in [1.29, 1.82) is 0 Å². The Morgan fingerprint density at radius 2 is 1.71 bits per heavy atom. The first-order valence-electron chi connectivity index (χ1n) is 8.44. The number of anilines is 2. The Labute approximate surface area is 168 Å². The van der Waals surface area contributed by atoms with E-state index in [0.29, 0.717) is 33.6 Å². The predicted octanol–water partition coefficient (Wildman–Crippen LogP) is 2.76. The van der Waals surface area contributed by atoms with E-state index in [4.69, 9.17) is 22.4 Å². The molecule has 0 aliphatic rings. The lowest BCUT2D eigenvalue weighted by Gasteiger charge is -2.10. The number of nitrogen functional groups attached to an aromatic ring is 1. The number of nitrogens with zero attached hydrogens (tertiary/aromatic N) is 2. The Balaban J connectivity index is 1.98. The van der Waals surface area contributed by atoms with E-state index in [0.717, 1.165) is 0 Å². The third-order valence-corrected chi connectivity index (χ3v) is 5.79. The largest absolute Gasteiger partial charge is 0.399 e. The predicted molar refractivity (Wildman–Crippen MR) is 110 cm³/mol. The van der Waals surface area contributed by atoms with Crippen molar-refractivity contribution >= 4 is 32.9 Å². The van der Waals surface area contributed by atoms with E-state index < -0.39 is 9.84 Å². The van der Waals surface area contributed by atoms with Gasteiger partial charge in [-0.3, -0.25) is 0 Å². The molecule has 4 N–H and O–H groups in total. The summed E-state index contributed by atoms with van der Waals surface area (Å²) < 4.78 is 25.5. The molecular weight excluding hydrogens is 400 g/mol. The van der Waals surface area contributed by atoms with Crippen LogP contribution in [0.2, 0.25) is 5.02 Å². The van der Waals surface area contributed by atoms with Gasteiger partial charge in [0, 0.05) is 28.9 Å². The molecular formula is C19H19ClN4O3S. The normalized spacial score (nSPS) is 11.4. The Morgan fingerprint density at radius 1 is 1.04 bits per heavy atom. The first-order valence-corrected chi connectivity index (χ1v) is 10.5. The number of hydrogen-bond acceptors (Lipinski definition) is 7. The van der Waals surface area contributed by atoms with E-state index in [1.54, 1.807) is 30.3 Å². The minimum atomic E-state index is -3.62. The van der Waals surface area contributed by atoms with Crippen LogP contribution in [0.1, 0.15) is 5.69 Å². The minimum Gasteiger partial charge on any atom is -0.399 e. The number of sulfone groups is 1. The van der Waals surface area contributed by atoms with Crippen molar-refractivity contribution in [3.8, 4) is 11.4 Å². The van der Waals surface area contributed by atoms with E-state index in [2.05, 4.69) is 15.3 Å². The average molecular weight is 419 g/mol. The molecule has 2 aromatic carbocycles. The molecule has 0 unspecified atom stereocenters. The fraction of sp³-hybridized carbons (Fsp3) is 0.158. The number of aliphatic hydroxyl groups is 1. The molecule has 28 heavy (non-hydrogen) atoms. The molecule has 0 atom stereocenters. The van der Waals surface area contributed by atoms with Gasteiger partial charge in [-0.25, -0.2) is 18.4 Å². The third-order valence-electron chi connectivity index (χ3n) is 3.88. The van der Waals surface area contributed by atoms with Crippen molar-refractivity contribution < 1.29 is 13.5 Å². The van der Waals surface area contributed by atoms with Gasteiger partial charge in [-0.2, -0.15) is 0 Å². The lowest BCUT2D eigenvalue weighted by atomic mass is 10.2. The number of nitrogens with two attached hydrogens (primary N) is 1. The Kier molecular flexibility index (Phi) is 6.13. The number of aliphatic hydroxyl groups excluding tert-OH is 1. The summed E-state index contributed by atoms with van der Waals surface area (Å²) in [5.41, 5.74) is 7.35. The average Bonchev–Trinajstić information content (AvgIpc) is 2.67. The number of rotatable bonds is 7. The van der Waals surface area contributed by atoms with Crippen LogP contribution in [-0.2, 0) is 15.6 Å². The molecule has 1 aromatic heterocycles. The maximum Gasteiger partial charge on any atom is 0.184 e. The van der Waals surface area contributed by atoms with Crippen LogP contribution in [0.4, 0.5) is 11.5 Å². The zero-order chi connectivity index (χ0) is 20.1. The molecule has 7 nitrogen and oxygen atoms in total. The number of nitrogens with one attached hydrogen (secondary N) is 1. The molecule has 0 saturated heterocycles. The van der Waals surface area contributed by atoms with Gasteiger partial charge in [0.2, 0.25) is 0 Å². The van der Waals surface area contributed by atoms with Crippen LogP contribution in [-0.4, -0.2) is 36.6 Å². The molecule has 9 heteroatoms. The maximum atomic E-state index is 12.8. The molecule has 146 valence electrons. The molecule has 0 amide bonds. The van der Waals surface area contributed by atoms with Crippen molar-refractivity contribution in [3.05, 3.63) is 65.3 Å². The number of benzene rings is 2. The monoisotopic (exact) mass is 418 g/mol. The lowest BCUT2D eigenvalue weighted by Crippen LogP contribution is -2.11. The highest BCUT2D eigenvalue weighted by atomic mass is 35.5. The second kappa shape index (κ2) is 8.55. The second-order valence-electron chi connectivity index (χ2n) is 6.05. The van der Waals surface area contributed by atoms with Crippen molar-refractivity contribution in [3.63, 3.8) is 0 Å².